The Morgan fingerprint density at radius 3 is 2.38 bits per heavy atom. The monoisotopic (exact) mass is 536 g/mol. The van der Waals surface area contributed by atoms with Gasteiger partial charge in [0.25, 0.3) is 5.91 Å². The highest BCUT2D eigenvalue weighted by molar-refractivity contribution is 7.98. The lowest BCUT2D eigenvalue weighted by atomic mass is 10.1. The van der Waals surface area contributed by atoms with Crippen molar-refractivity contribution in [3.05, 3.63) is 65.7 Å². The number of benzene rings is 2. The van der Waals surface area contributed by atoms with Gasteiger partial charge in [-0.3, -0.25) is 19.3 Å². The van der Waals surface area contributed by atoms with Crippen molar-refractivity contribution in [2.45, 2.75) is 25.1 Å². The second kappa shape index (κ2) is 13.5. The van der Waals surface area contributed by atoms with E-state index in [9.17, 15) is 27.6 Å². The molecule has 1 heterocycles. The molecule has 2 N–H and O–H groups in total. The molecule has 200 valence electrons. The molecule has 11 heteroatoms. The molecule has 3 amide bonds. The molecule has 2 aromatic rings. The topological polar surface area (TPSA) is 81.8 Å². The molecule has 0 radical (unpaired) electrons. The molecule has 37 heavy (non-hydrogen) atoms. The summed E-state index contributed by atoms with van der Waals surface area (Å²) in [5.41, 5.74) is -0.702. The van der Waals surface area contributed by atoms with Gasteiger partial charge in [-0.1, -0.05) is 30.3 Å². The number of alkyl halides is 3. The fourth-order valence-electron chi connectivity index (χ4n) is 4.13. The van der Waals surface area contributed by atoms with Crippen molar-refractivity contribution in [3.8, 4) is 0 Å². The van der Waals surface area contributed by atoms with Gasteiger partial charge in [0.05, 0.1) is 17.8 Å². The molecule has 1 saturated heterocycles. The third-order valence-electron chi connectivity index (χ3n) is 6.02. The van der Waals surface area contributed by atoms with Gasteiger partial charge in [-0.15, -0.1) is 0 Å². The number of anilines is 1. The van der Waals surface area contributed by atoms with E-state index < -0.39 is 23.7 Å². The molecule has 0 bridgehead atoms. The first-order valence-corrected chi connectivity index (χ1v) is 13.4. The van der Waals surface area contributed by atoms with Crippen LogP contribution in [0.5, 0.6) is 0 Å². The van der Waals surface area contributed by atoms with Crippen LogP contribution in [-0.2, 0) is 15.8 Å². The summed E-state index contributed by atoms with van der Waals surface area (Å²) in [6.45, 7) is 1.63. The van der Waals surface area contributed by atoms with Gasteiger partial charge in [-0.25, -0.2) is 0 Å². The van der Waals surface area contributed by atoms with Crippen molar-refractivity contribution >= 4 is 35.2 Å². The van der Waals surface area contributed by atoms with Crippen LogP contribution in [0.2, 0.25) is 0 Å². The summed E-state index contributed by atoms with van der Waals surface area (Å²) in [4.78, 5) is 42.0. The van der Waals surface area contributed by atoms with Crippen molar-refractivity contribution in [1.29, 1.82) is 0 Å². The maximum absolute atomic E-state index is 13.3. The zero-order chi connectivity index (χ0) is 26.8. The van der Waals surface area contributed by atoms with Crippen molar-refractivity contribution in [2.24, 2.45) is 0 Å². The Hall–Kier alpha value is -3.05. The van der Waals surface area contributed by atoms with Crippen LogP contribution < -0.4 is 10.6 Å². The highest BCUT2D eigenvalue weighted by Gasteiger charge is 2.34. The molecule has 1 atom stereocenters. The molecular weight excluding hydrogens is 505 g/mol. The number of hydrogen-bond donors (Lipinski definition) is 2. The minimum Gasteiger partial charge on any atom is -0.340 e. The van der Waals surface area contributed by atoms with Gasteiger partial charge in [0, 0.05) is 31.7 Å². The maximum atomic E-state index is 13.3. The number of nitrogens with zero attached hydrogens (tertiary/aromatic N) is 2. The van der Waals surface area contributed by atoms with Crippen LogP contribution >= 0.6 is 11.8 Å². The van der Waals surface area contributed by atoms with E-state index in [0.717, 1.165) is 6.07 Å². The Morgan fingerprint density at radius 2 is 1.68 bits per heavy atom. The number of rotatable bonds is 9. The second-order valence-corrected chi connectivity index (χ2v) is 9.71. The zero-order valence-electron chi connectivity index (χ0n) is 20.6. The fourth-order valence-corrected chi connectivity index (χ4v) is 4.60. The summed E-state index contributed by atoms with van der Waals surface area (Å²) < 4.78 is 39.7. The van der Waals surface area contributed by atoms with Crippen molar-refractivity contribution in [2.75, 3.05) is 50.0 Å². The molecule has 0 aromatic heterocycles. The third-order valence-corrected chi connectivity index (χ3v) is 6.67. The van der Waals surface area contributed by atoms with Crippen molar-refractivity contribution < 1.29 is 27.6 Å². The van der Waals surface area contributed by atoms with Gasteiger partial charge in [0.15, 0.2) is 0 Å². The predicted octanol–water partition coefficient (Wildman–Crippen LogP) is 3.73. The van der Waals surface area contributed by atoms with Crippen LogP contribution in [0.4, 0.5) is 18.9 Å². The van der Waals surface area contributed by atoms with Gasteiger partial charge < -0.3 is 15.5 Å². The lowest BCUT2D eigenvalue weighted by Crippen LogP contribution is -2.50. The van der Waals surface area contributed by atoms with Crippen LogP contribution in [0.3, 0.4) is 0 Å². The Balaban J connectivity index is 1.58. The molecule has 7 nitrogen and oxygen atoms in total. The minimum atomic E-state index is -4.57. The van der Waals surface area contributed by atoms with Crippen LogP contribution in [-0.4, -0.2) is 78.3 Å². The van der Waals surface area contributed by atoms with Gasteiger partial charge in [-0.05, 0) is 49.1 Å². The van der Waals surface area contributed by atoms with E-state index in [2.05, 4.69) is 10.6 Å². The number of carbonyl (C=O) groups excluding carboxylic acids is 3. The lowest BCUT2D eigenvalue weighted by molar-refractivity contribution is -0.137. The van der Waals surface area contributed by atoms with Gasteiger partial charge in [-0.2, -0.15) is 24.9 Å². The Morgan fingerprint density at radius 1 is 0.973 bits per heavy atom. The largest absolute Gasteiger partial charge is 0.418 e. The molecule has 1 aliphatic heterocycles. The number of halogens is 3. The summed E-state index contributed by atoms with van der Waals surface area (Å²) in [7, 11) is 0. The Labute approximate surface area is 218 Å². The van der Waals surface area contributed by atoms with Gasteiger partial charge >= 0.3 is 6.18 Å². The van der Waals surface area contributed by atoms with Crippen LogP contribution in [0.15, 0.2) is 54.6 Å². The van der Waals surface area contributed by atoms with Gasteiger partial charge in [0.1, 0.15) is 6.04 Å². The SMILES string of the molecule is CSCCC(NC(=O)c1ccccc1)C(=O)N1CCCN(CC(=O)Nc2ccccc2C(F)(F)F)CC1. The number of amides is 3. The maximum Gasteiger partial charge on any atom is 0.418 e. The molecule has 1 aliphatic rings. The first-order chi connectivity index (χ1) is 17.7. The normalized spacial score (nSPS) is 15.5. The van der Waals surface area contributed by atoms with E-state index in [1.807, 2.05) is 17.2 Å². The van der Waals surface area contributed by atoms with E-state index in [1.54, 1.807) is 40.9 Å². The lowest BCUT2D eigenvalue weighted by Gasteiger charge is -2.27. The van der Waals surface area contributed by atoms with Crippen LogP contribution in [0.25, 0.3) is 0 Å². The third kappa shape index (κ3) is 8.50. The van der Waals surface area contributed by atoms with Crippen molar-refractivity contribution in [1.82, 2.24) is 15.1 Å². The summed E-state index contributed by atoms with van der Waals surface area (Å²) in [5, 5.41) is 5.23. The first-order valence-electron chi connectivity index (χ1n) is 12.0. The Bertz CT molecular complexity index is 1070. The minimum absolute atomic E-state index is 0.0884. The van der Waals surface area contributed by atoms with Crippen molar-refractivity contribution in [3.63, 3.8) is 0 Å². The fraction of sp³-hybridized carbons (Fsp3) is 0.423. The molecule has 0 spiro atoms. The first kappa shape index (κ1) is 28.5. The van der Waals surface area contributed by atoms with E-state index in [0.29, 0.717) is 50.3 Å². The molecule has 1 fully saturated rings. The predicted molar refractivity (Wildman–Crippen MR) is 138 cm³/mol. The summed E-state index contributed by atoms with van der Waals surface area (Å²) in [6.07, 6.45) is -1.56. The summed E-state index contributed by atoms with van der Waals surface area (Å²) >= 11 is 1.59. The Kier molecular flexibility index (Phi) is 10.4. The zero-order valence-corrected chi connectivity index (χ0v) is 21.4. The number of para-hydroxylation sites is 1. The smallest absolute Gasteiger partial charge is 0.340 e. The molecular formula is C26H31F3N4O3S. The summed E-state index contributed by atoms with van der Waals surface area (Å²) in [6, 6.07) is 12.9. The standard InChI is InChI=1S/C26H31F3N4O3S/c1-37-17-12-22(31-24(35)19-8-3-2-4-9-19)25(36)33-14-7-13-32(15-16-33)18-23(34)30-21-11-6-5-10-20(21)26(27,28)29/h2-6,8-11,22H,7,12-18H2,1H3,(H,30,34)(H,31,35). The number of thioether (sulfide) groups is 1. The van der Waals surface area contributed by atoms with E-state index >= 15 is 0 Å². The number of hydrogen-bond acceptors (Lipinski definition) is 5. The van der Waals surface area contributed by atoms with Crippen LogP contribution in [0, 0.1) is 0 Å². The molecule has 0 aliphatic carbocycles. The summed E-state index contributed by atoms with van der Waals surface area (Å²) in [5.74, 6) is -0.342. The van der Waals surface area contributed by atoms with E-state index in [4.69, 9.17) is 0 Å². The molecule has 1 unspecified atom stereocenters. The quantitative estimate of drug-likeness (QED) is 0.511. The molecule has 2 aromatic carbocycles. The highest BCUT2D eigenvalue weighted by Crippen LogP contribution is 2.34. The second-order valence-electron chi connectivity index (χ2n) is 8.72. The van der Waals surface area contributed by atoms with E-state index in [1.165, 1.54) is 18.2 Å². The number of carbonyl (C=O) groups is 3. The average Bonchev–Trinajstić information content (AvgIpc) is 3.11. The average molecular weight is 537 g/mol. The van der Waals surface area contributed by atoms with Gasteiger partial charge in [0.2, 0.25) is 11.8 Å². The number of nitrogens with one attached hydrogen (secondary N) is 2. The van der Waals surface area contributed by atoms with Crippen LogP contribution in [0.1, 0.15) is 28.8 Å². The molecule has 3 rings (SSSR count). The highest BCUT2D eigenvalue weighted by atomic mass is 32.2. The molecule has 0 saturated carbocycles. The van der Waals surface area contributed by atoms with E-state index in [-0.39, 0.29) is 24.0 Å².